The Bertz CT molecular complexity index is 1300. The number of amides is 3. The first-order chi connectivity index (χ1) is 19.6. The molecule has 2 atom stereocenters. The zero-order valence-electron chi connectivity index (χ0n) is 24.8. The molecule has 42 heavy (non-hydrogen) atoms. The number of nitrogens with zero attached hydrogens (tertiary/aromatic N) is 1. The second-order valence-electron chi connectivity index (χ2n) is 11.6. The van der Waals surface area contributed by atoms with E-state index in [-0.39, 0.29) is 12.0 Å². The maximum absolute atomic E-state index is 13.4. The van der Waals surface area contributed by atoms with Crippen LogP contribution in [0, 0.1) is 11.3 Å². The minimum absolute atomic E-state index is 0.106. The molecular formula is C31H38N4O7. The van der Waals surface area contributed by atoms with Crippen molar-refractivity contribution in [2.24, 2.45) is 0 Å². The van der Waals surface area contributed by atoms with Crippen LogP contribution in [0.5, 0.6) is 0 Å². The van der Waals surface area contributed by atoms with Gasteiger partial charge in [-0.15, -0.1) is 0 Å². The molecule has 3 amide bonds. The molecule has 0 saturated carbocycles. The molecule has 0 heterocycles. The maximum atomic E-state index is 13.4. The van der Waals surface area contributed by atoms with Crippen molar-refractivity contribution in [3.8, 4) is 6.07 Å². The normalized spacial score (nSPS) is 12.6. The monoisotopic (exact) mass is 578 g/mol. The largest absolute Gasteiger partial charge is 0.460 e. The fourth-order valence-electron chi connectivity index (χ4n) is 3.65. The first-order valence-electron chi connectivity index (χ1n) is 13.4. The van der Waals surface area contributed by atoms with Gasteiger partial charge in [0.2, 0.25) is 11.8 Å². The third-order valence-corrected chi connectivity index (χ3v) is 5.42. The van der Waals surface area contributed by atoms with Gasteiger partial charge in [0, 0.05) is 12.0 Å². The summed E-state index contributed by atoms with van der Waals surface area (Å²) in [5, 5.41) is 16.4. The first-order valence-corrected chi connectivity index (χ1v) is 13.4. The number of nitrogens with one attached hydrogen (secondary N) is 3. The average Bonchev–Trinajstić information content (AvgIpc) is 2.89. The number of carbonyl (C=O) groups is 5. The van der Waals surface area contributed by atoms with E-state index in [4.69, 9.17) is 14.7 Å². The highest BCUT2D eigenvalue weighted by Gasteiger charge is 2.32. The van der Waals surface area contributed by atoms with Crippen LogP contribution in [0.15, 0.2) is 54.6 Å². The lowest BCUT2D eigenvalue weighted by molar-refractivity contribution is -0.159. The SMILES string of the molecule is CC(C)(C)OC(=O)C[C@H](NC(=O)CNC(=O)c1ccc(C#N)cc1)C(=O)N[C@@H](Cc1ccccc1)C(=O)OC(C)(C)C. The fourth-order valence-corrected chi connectivity index (χ4v) is 3.65. The molecule has 2 aromatic rings. The molecule has 0 saturated heterocycles. The van der Waals surface area contributed by atoms with Gasteiger partial charge < -0.3 is 25.4 Å². The molecule has 11 heteroatoms. The van der Waals surface area contributed by atoms with Gasteiger partial charge in [0.1, 0.15) is 23.3 Å². The van der Waals surface area contributed by atoms with E-state index < -0.39 is 65.9 Å². The number of carbonyl (C=O) groups excluding carboxylic acids is 5. The fraction of sp³-hybridized carbons (Fsp3) is 0.419. The topological polar surface area (TPSA) is 164 Å². The Morgan fingerprint density at radius 3 is 1.95 bits per heavy atom. The lowest BCUT2D eigenvalue weighted by Crippen LogP contribution is -2.55. The summed E-state index contributed by atoms with van der Waals surface area (Å²) in [6.45, 7) is 9.58. The predicted molar refractivity (Wildman–Crippen MR) is 154 cm³/mol. The van der Waals surface area contributed by atoms with Gasteiger partial charge in [-0.25, -0.2) is 4.79 Å². The van der Waals surface area contributed by atoms with Gasteiger partial charge >= 0.3 is 11.9 Å². The second-order valence-corrected chi connectivity index (χ2v) is 11.6. The van der Waals surface area contributed by atoms with Crippen LogP contribution in [-0.4, -0.2) is 59.5 Å². The quantitative estimate of drug-likeness (QED) is 0.343. The lowest BCUT2D eigenvalue weighted by atomic mass is 10.0. The van der Waals surface area contributed by atoms with Crippen molar-refractivity contribution < 1.29 is 33.4 Å². The van der Waals surface area contributed by atoms with Gasteiger partial charge in [0.15, 0.2) is 0 Å². The summed E-state index contributed by atoms with van der Waals surface area (Å²) in [5.74, 6) is -3.56. The van der Waals surface area contributed by atoms with E-state index in [9.17, 15) is 24.0 Å². The van der Waals surface area contributed by atoms with E-state index in [2.05, 4.69) is 16.0 Å². The van der Waals surface area contributed by atoms with Crippen molar-refractivity contribution in [2.45, 2.75) is 77.7 Å². The molecule has 0 aliphatic carbocycles. The van der Waals surface area contributed by atoms with Crippen LogP contribution >= 0.6 is 0 Å². The van der Waals surface area contributed by atoms with Crippen LogP contribution < -0.4 is 16.0 Å². The van der Waals surface area contributed by atoms with Crippen LogP contribution in [0.3, 0.4) is 0 Å². The summed E-state index contributed by atoms with van der Waals surface area (Å²) < 4.78 is 10.8. The Labute approximate surface area is 245 Å². The molecule has 0 aliphatic heterocycles. The van der Waals surface area contributed by atoms with Crippen molar-refractivity contribution in [2.75, 3.05) is 6.54 Å². The van der Waals surface area contributed by atoms with E-state index in [1.54, 1.807) is 65.8 Å². The van der Waals surface area contributed by atoms with Crippen molar-refractivity contribution >= 4 is 29.7 Å². The van der Waals surface area contributed by atoms with Crippen molar-refractivity contribution in [1.82, 2.24) is 16.0 Å². The molecule has 2 aromatic carbocycles. The predicted octanol–water partition coefficient (Wildman–Crippen LogP) is 2.57. The van der Waals surface area contributed by atoms with Crippen molar-refractivity contribution in [1.29, 1.82) is 5.26 Å². The van der Waals surface area contributed by atoms with E-state index in [0.29, 0.717) is 5.56 Å². The number of nitriles is 1. The summed E-state index contributed by atoms with van der Waals surface area (Å²) in [5.41, 5.74) is -0.313. The summed E-state index contributed by atoms with van der Waals surface area (Å²) in [7, 11) is 0. The van der Waals surface area contributed by atoms with Gasteiger partial charge in [-0.2, -0.15) is 5.26 Å². The molecule has 0 bridgehead atoms. The molecule has 0 fully saturated rings. The summed E-state index contributed by atoms with van der Waals surface area (Å²) >= 11 is 0. The molecule has 11 nitrogen and oxygen atoms in total. The first kappa shape index (κ1) is 33.5. The molecule has 224 valence electrons. The maximum Gasteiger partial charge on any atom is 0.329 e. The lowest BCUT2D eigenvalue weighted by Gasteiger charge is -2.27. The molecule has 0 spiro atoms. The van der Waals surface area contributed by atoms with Crippen molar-refractivity contribution in [3.05, 3.63) is 71.3 Å². The summed E-state index contributed by atoms with van der Waals surface area (Å²) in [4.78, 5) is 64.3. The minimum Gasteiger partial charge on any atom is -0.460 e. The van der Waals surface area contributed by atoms with Crippen molar-refractivity contribution in [3.63, 3.8) is 0 Å². The summed E-state index contributed by atoms with van der Waals surface area (Å²) in [6.07, 6.45) is -0.417. The average molecular weight is 579 g/mol. The molecule has 0 aromatic heterocycles. The van der Waals surface area contributed by atoms with E-state index in [1.165, 1.54) is 24.3 Å². The van der Waals surface area contributed by atoms with Gasteiger partial charge in [-0.3, -0.25) is 19.2 Å². The number of rotatable bonds is 11. The van der Waals surface area contributed by atoms with E-state index >= 15 is 0 Å². The van der Waals surface area contributed by atoms with Gasteiger partial charge in [-0.05, 0) is 71.4 Å². The smallest absolute Gasteiger partial charge is 0.329 e. The highest BCUT2D eigenvalue weighted by atomic mass is 16.6. The second kappa shape index (κ2) is 14.8. The van der Waals surface area contributed by atoms with Crippen LogP contribution in [-0.2, 0) is 35.1 Å². The Hall–Kier alpha value is -4.72. The molecule has 0 radical (unpaired) electrons. The number of benzene rings is 2. The molecule has 2 rings (SSSR count). The van der Waals surface area contributed by atoms with Gasteiger partial charge in [0.25, 0.3) is 5.91 Å². The zero-order chi connectivity index (χ0) is 31.5. The number of ether oxygens (including phenoxy) is 2. The van der Waals surface area contributed by atoms with E-state index in [0.717, 1.165) is 5.56 Å². The van der Waals surface area contributed by atoms with E-state index in [1.807, 2.05) is 12.1 Å². The highest BCUT2D eigenvalue weighted by molar-refractivity contribution is 5.98. The summed E-state index contributed by atoms with van der Waals surface area (Å²) in [6, 6.07) is 14.2. The van der Waals surface area contributed by atoms with Gasteiger partial charge in [-0.1, -0.05) is 30.3 Å². The third kappa shape index (κ3) is 12.2. The van der Waals surface area contributed by atoms with Crippen LogP contribution in [0.1, 0.15) is 69.4 Å². The Morgan fingerprint density at radius 2 is 1.40 bits per heavy atom. The number of hydrogen-bond acceptors (Lipinski definition) is 8. The molecule has 0 unspecified atom stereocenters. The Kier molecular flexibility index (Phi) is 11.8. The van der Waals surface area contributed by atoms with Crippen LogP contribution in [0.25, 0.3) is 0 Å². The third-order valence-electron chi connectivity index (χ3n) is 5.42. The Balaban J connectivity index is 2.19. The zero-order valence-corrected chi connectivity index (χ0v) is 24.8. The molecular weight excluding hydrogens is 540 g/mol. The number of esters is 2. The number of hydrogen-bond donors (Lipinski definition) is 3. The standard InChI is InChI=1S/C31H38N4O7/c1-30(2,3)41-26(37)17-23(34-25(36)19-33-27(38)22-14-12-21(18-32)13-15-22)28(39)35-24(29(40)42-31(4,5)6)16-20-10-8-7-9-11-20/h7-15,23-24H,16-17,19H2,1-6H3,(H,33,38)(H,34,36)(H,35,39)/t23-,24-/m0/s1. The Morgan fingerprint density at radius 1 is 0.810 bits per heavy atom. The highest BCUT2D eigenvalue weighted by Crippen LogP contribution is 2.13. The van der Waals surface area contributed by atoms with Crippen LogP contribution in [0.2, 0.25) is 0 Å². The molecule has 0 aliphatic rings. The molecule has 3 N–H and O–H groups in total. The van der Waals surface area contributed by atoms with Crippen LogP contribution in [0.4, 0.5) is 0 Å². The van der Waals surface area contributed by atoms with Gasteiger partial charge in [0.05, 0.1) is 24.6 Å². The minimum atomic E-state index is -1.42.